The molecule has 1 aliphatic rings. The van der Waals surface area contributed by atoms with Gasteiger partial charge in [-0.2, -0.15) is 0 Å². The SMILES string of the molecule is CC(C)(C)C1=CCN(C(=O)c2ccc(Cl)nc2)CC1. The molecule has 0 aromatic carbocycles. The van der Waals surface area contributed by atoms with Gasteiger partial charge in [-0.15, -0.1) is 0 Å². The van der Waals surface area contributed by atoms with E-state index in [1.165, 1.54) is 11.8 Å². The molecular weight excluding hydrogens is 260 g/mol. The fraction of sp³-hybridized carbons (Fsp3) is 0.467. The highest BCUT2D eigenvalue weighted by molar-refractivity contribution is 6.29. The molecule has 1 aliphatic heterocycles. The van der Waals surface area contributed by atoms with Crippen molar-refractivity contribution in [1.82, 2.24) is 9.88 Å². The van der Waals surface area contributed by atoms with E-state index in [4.69, 9.17) is 11.6 Å². The van der Waals surface area contributed by atoms with Crippen molar-refractivity contribution in [2.45, 2.75) is 27.2 Å². The molecule has 0 saturated heterocycles. The van der Waals surface area contributed by atoms with Crippen molar-refractivity contribution >= 4 is 17.5 Å². The molecule has 1 aromatic rings. The van der Waals surface area contributed by atoms with Crippen molar-refractivity contribution in [1.29, 1.82) is 0 Å². The zero-order valence-electron chi connectivity index (χ0n) is 11.6. The van der Waals surface area contributed by atoms with Gasteiger partial charge in [0, 0.05) is 19.3 Å². The largest absolute Gasteiger partial charge is 0.335 e. The van der Waals surface area contributed by atoms with Gasteiger partial charge in [-0.25, -0.2) is 4.98 Å². The fourth-order valence-electron chi connectivity index (χ4n) is 2.22. The Kier molecular flexibility index (Phi) is 3.95. The van der Waals surface area contributed by atoms with Crippen LogP contribution in [-0.2, 0) is 0 Å². The van der Waals surface area contributed by atoms with E-state index in [1.807, 2.05) is 4.90 Å². The summed E-state index contributed by atoms with van der Waals surface area (Å²) >= 11 is 5.73. The first-order valence-corrected chi connectivity index (χ1v) is 6.86. The first-order chi connectivity index (χ1) is 8.88. The summed E-state index contributed by atoms with van der Waals surface area (Å²) in [4.78, 5) is 18.1. The number of rotatable bonds is 1. The molecule has 4 heteroatoms. The number of pyridine rings is 1. The van der Waals surface area contributed by atoms with Crippen LogP contribution in [0.4, 0.5) is 0 Å². The summed E-state index contributed by atoms with van der Waals surface area (Å²) in [7, 11) is 0. The molecule has 0 saturated carbocycles. The molecule has 2 heterocycles. The van der Waals surface area contributed by atoms with Gasteiger partial charge in [0.05, 0.1) is 5.56 Å². The number of nitrogens with zero attached hydrogens (tertiary/aromatic N) is 2. The molecule has 0 aliphatic carbocycles. The van der Waals surface area contributed by atoms with Gasteiger partial charge >= 0.3 is 0 Å². The Labute approximate surface area is 119 Å². The van der Waals surface area contributed by atoms with E-state index in [2.05, 4.69) is 31.8 Å². The highest BCUT2D eigenvalue weighted by atomic mass is 35.5. The standard InChI is InChI=1S/C15H19ClN2O/c1-15(2,3)12-6-8-18(9-7-12)14(19)11-4-5-13(16)17-10-11/h4-6,10H,7-9H2,1-3H3. The lowest BCUT2D eigenvalue weighted by atomic mass is 9.83. The van der Waals surface area contributed by atoms with Gasteiger partial charge < -0.3 is 4.90 Å². The topological polar surface area (TPSA) is 33.2 Å². The lowest BCUT2D eigenvalue weighted by molar-refractivity contribution is 0.0764. The van der Waals surface area contributed by atoms with Crippen LogP contribution in [0.3, 0.4) is 0 Å². The first-order valence-electron chi connectivity index (χ1n) is 6.48. The molecule has 0 bridgehead atoms. The van der Waals surface area contributed by atoms with E-state index >= 15 is 0 Å². The van der Waals surface area contributed by atoms with Crippen LogP contribution in [0.1, 0.15) is 37.6 Å². The molecule has 1 amide bonds. The predicted molar refractivity (Wildman–Crippen MR) is 77.3 cm³/mol. The molecule has 0 spiro atoms. The summed E-state index contributed by atoms with van der Waals surface area (Å²) in [6.45, 7) is 8.07. The van der Waals surface area contributed by atoms with Crippen LogP contribution >= 0.6 is 11.6 Å². The van der Waals surface area contributed by atoms with Gasteiger partial charge in [0.1, 0.15) is 5.15 Å². The third kappa shape index (κ3) is 3.35. The highest BCUT2D eigenvalue weighted by Gasteiger charge is 2.24. The van der Waals surface area contributed by atoms with Crippen molar-refractivity contribution in [3.63, 3.8) is 0 Å². The molecule has 0 atom stereocenters. The Morgan fingerprint density at radius 1 is 1.37 bits per heavy atom. The lowest BCUT2D eigenvalue weighted by Crippen LogP contribution is -2.36. The Balaban J connectivity index is 2.07. The normalized spacial score (nSPS) is 16.2. The van der Waals surface area contributed by atoms with Crippen LogP contribution in [0, 0.1) is 5.41 Å². The van der Waals surface area contributed by atoms with Crippen molar-refractivity contribution in [3.05, 3.63) is 40.7 Å². The van der Waals surface area contributed by atoms with Gasteiger partial charge in [0.2, 0.25) is 0 Å². The first kappa shape index (κ1) is 14.1. The molecule has 2 rings (SSSR count). The summed E-state index contributed by atoms with van der Waals surface area (Å²) in [5.74, 6) is 0.0216. The zero-order chi connectivity index (χ0) is 14.0. The molecule has 3 nitrogen and oxygen atoms in total. The minimum absolute atomic E-state index is 0.0216. The van der Waals surface area contributed by atoms with E-state index in [-0.39, 0.29) is 11.3 Å². The second-order valence-electron chi connectivity index (χ2n) is 5.85. The van der Waals surface area contributed by atoms with Crippen molar-refractivity contribution < 1.29 is 4.79 Å². The van der Waals surface area contributed by atoms with Crippen LogP contribution in [0.2, 0.25) is 5.15 Å². The highest BCUT2D eigenvalue weighted by Crippen LogP contribution is 2.30. The maximum Gasteiger partial charge on any atom is 0.255 e. The fourth-order valence-corrected chi connectivity index (χ4v) is 2.33. The maximum absolute atomic E-state index is 12.3. The number of carbonyl (C=O) groups excluding carboxylic acids is 1. The number of hydrogen-bond donors (Lipinski definition) is 0. The summed E-state index contributed by atoms with van der Waals surface area (Å²) in [5.41, 5.74) is 2.21. The van der Waals surface area contributed by atoms with Crippen molar-refractivity contribution in [2.24, 2.45) is 5.41 Å². The van der Waals surface area contributed by atoms with E-state index in [0.717, 1.165) is 13.0 Å². The molecule has 1 aromatic heterocycles. The quantitative estimate of drug-likeness (QED) is 0.581. The number of halogens is 1. The molecular formula is C15H19ClN2O. The van der Waals surface area contributed by atoms with Gasteiger partial charge in [0.25, 0.3) is 5.91 Å². The Morgan fingerprint density at radius 2 is 2.11 bits per heavy atom. The molecule has 0 unspecified atom stereocenters. The van der Waals surface area contributed by atoms with Crippen LogP contribution in [0.15, 0.2) is 30.0 Å². The Morgan fingerprint density at radius 3 is 2.58 bits per heavy atom. The molecule has 0 N–H and O–H groups in total. The number of hydrogen-bond acceptors (Lipinski definition) is 2. The predicted octanol–water partition coefficient (Wildman–Crippen LogP) is 3.55. The number of amides is 1. The molecule has 0 radical (unpaired) electrons. The van der Waals surface area contributed by atoms with Gasteiger partial charge in [-0.3, -0.25) is 4.79 Å². The molecule has 19 heavy (non-hydrogen) atoms. The van der Waals surface area contributed by atoms with Crippen molar-refractivity contribution in [2.75, 3.05) is 13.1 Å². The monoisotopic (exact) mass is 278 g/mol. The average Bonchev–Trinajstić information content (AvgIpc) is 2.38. The number of aromatic nitrogens is 1. The van der Waals surface area contributed by atoms with E-state index in [9.17, 15) is 4.79 Å². The average molecular weight is 279 g/mol. The summed E-state index contributed by atoms with van der Waals surface area (Å²) in [6, 6.07) is 3.37. The van der Waals surface area contributed by atoms with Crippen LogP contribution in [0.5, 0.6) is 0 Å². The van der Waals surface area contributed by atoms with Gasteiger partial charge in [0.15, 0.2) is 0 Å². The number of carbonyl (C=O) groups is 1. The summed E-state index contributed by atoms with van der Waals surface area (Å²) in [6.07, 6.45) is 4.65. The van der Waals surface area contributed by atoms with E-state index in [0.29, 0.717) is 17.3 Å². The zero-order valence-corrected chi connectivity index (χ0v) is 12.4. The van der Waals surface area contributed by atoms with E-state index in [1.54, 1.807) is 12.1 Å². The molecule has 0 fully saturated rings. The maximum atomic E-state index is 12.3. The van der Waals surface area contributed by atoms with Gasteiger partial charge in [-0.05, 0) is 24.0 Å². The summed E-state index contributed by atoms with van der Waals surface area (Å²) < 4.78 is 0. The minimum Gasteiger partial charge on any atom is -0.335 e. The van der Waals surface area contributed by atoms with Crippen LogP contribution in [-0.4, -0.2) is 28.9 Å². The Bertz CT molecular complexity index is 500. The van der Waals surface area contributed by atoms with Gasteiger partial charge in [-0.1, -0.05) is 44.0 Å². The van der Waals surface area contributed by atoms with Crippen LogP contribution in [0.25, 0.3) is 0 Å². The van der Waals surface area contributed by atoms with E-state index < -0.39 is 0 Å². The van der Waals surface area contributed by atoms with Crippen molar-refractivity contribution in [3.8, 4) is 0 Å². The third-order valence-corrected chi connectivity index (χ3v) is 3.66. The third-order valence-electron chi connectivity index (χ3n) is 3.43. The minimum atomic E-state index is 0.0216. The Hall–Kier alpha value is -1.35. The summed E-state index contributed by atoms with van der Waals surface area (Å²) in [5, 5.41) is 0.408. The molecule has 102 valence electrons. The lowest BCUT2D eigenvalue weighted by Gasteiger charge is -2.32. The smallest absolute Gasteiger partial charge is 0.255 e. The van der Waals surface area contributed by atoms with Crippen LogP contribution < -0.4 is 0 Å². The second kappa shape index (κ2) is 5.33. The second-order valence-corrected chi connectivity index (χ2v) is 6.24.